The number of anilines is 1. The van der Waals surface area contributed by atoms with E-state index in [4.69, 9.17) is 33.7 Å². The maximum Gasteiger partial charge on any atom is 0.337 e. The molecule has 0 bridgehead atoms. The highest BCUT2D eigenvalue weighted by molar-refractivity contribution is 6.34. The van der Waals surface area contributed by atoms with Gasteiger partial charge in [-0.05, 0) is 79.5 Å². The van der Waals surface area contributed by atoms with Crippen LogP contribution in [-0.4, -0.2) is 35.4 Å². The summed E-state index contributed by atoms with van der Waals surface area (Å²) in [4.78, 5) is 17.9. The Morgan fingerprint density at radius 3 is 2.57 bits per heavy atom. The summed E-state index contributed by atoms with van der Waals surface area (Å²) in [5.41, 5.74) is 8.18. The topological polar surface area (TPSA) is 88.2 Å². The number of amidine groups is 1. The van der Waals surface area contributed by atoms with Crippen molar-refractivity contribution in [2.45, 2.75) is 32.6 Å². The van der Waals surface area contributed by atoms with Crippen molar-refractivity contribution in [3.8, 4) is 11.5 Å². The number of aryl methyl sites for hydroxylation is 1. The van der Waals surface area contributed by atoms with Crippen molar-refractivity contribution >= 4 is 40.7 Å². The third-order valence-corrected chi connectivity index (χ3v) is 6.28. The quantitative estimate of drug-likeness (QED) is 0.185. The minimum absolute atomic E-state index is 0.0197. The number of nitrogens with zero attached hydrogens (tertiary/aromatic N) is 2. The fourth-order valence-electron chi connectivity index (χ4n) is 3.84. The largest absolute Gasteiger partial charge is 0.478 e. The first-order valence-corrected chi connectivity index (χ1v) is 12.8. The van der Waals surface area contributed by atoms with Gasteiger partial charge in [0.15, 0.2) is 0 Å². The molecule has 3 N–H and O–H groups in total. The summed E-state index contributed by atoms with van der Waals surface area (Å²) >= 11 is 12.3. The number of allylic oxidation sites excluding steroid dienone is 7. The Kier molecular flexibility index (Phi) is 10.4. The van der Waals surface area contributed by atoms with Crippen LogP contribution in [0.4, 0.5) is 5.69 Å². The molecule has 0 unspecified atom stereocenters. The van der Waals surface area contributed by atoms with Gasteiger partial charge in [0.2, 0.25) is 0 Å². The second-order valence-electron chi connectivity index (χ2n) is 8.46. The van der Waals surface area contributed by atoms with Crippen molar-refractivity contribution in [2.75, 3.05) is 19.3 Å². The second-order valence-corrected chi connectivity index (χ2v) is 9.38. The lowest BCUT2D eigenvalue weighted by molar-refractivity contribution is 0.0697. The minimum atomic E-state index is -1.09. The van der Waals surface area contributed by atoms with Crippen LogP contribution in [0.1, 0.15) is 42.1 Å². The molecular weight excluding hydrogens is 509 g/mol. The van der Waals surface area contributed by atoms with Gasteiger partial charge >= 0.3 is 5.97 Å². The van der Waals surface area contributed by atoms with Gasteiger partial charge in [-0.2, -0.15) is 0 Å². The van der Waals surface area contributed by atoms with E-state index in [1.807, 2.05) is 49.7 Å². The Morgan fingerprint density at radius 1 is 1.16 bits per heavy atom. The third kappa shape index (κ3) is 8.55. The molecule has 3 rings (SSSR count). The standard InChI is InChI=1S/C29H31Cl2N3O3/c1-3-34(16-15-21-7-10-22(30)18-23(31)17-21)28(33-2)6-4-5-20-8-11-24(12-9-20)37-25-13-14-27(32)26(19-25)29(35)36/h7-16,18-19H,3-6,17,32H2,1-2H3,(H,35,36)/b16-15+,33-28?. The number of hydrogen-bond acceptors (Lipinski definition) is 4. The molecule has 1 aliphatic carbocycles. The molecule has 2 aromatic carbocycles. The molecule has 37 heavy (non-hydrogen) atoms. The Labute approximate surface area is 228 Å². The Hall–Kier alpha value is -3.48. The van der Waals surface area contributed by atoms with Crippen molar-refractivity contribution in [1.29, 1.82) is 0 Å². The lowest BCUT2D eigenvalue weighted by Crippen LogP contribution is -2.25. The average molecular weight is 540 g/mol. The Bertz CT molecular complexity index is 1260. The second kappa shape index (κ2) is 13.7. The number of halogens is 2. The summed E-state index contributed by atoms with van der Waals surface area (Å²) in [5, 5.41) is 10.6. The van der Waals surface area contributed by atoms with Gasteiger partial charge in [0.1, 0.15) is 17.3 Å². The van der Waals surface area contributed by atoms with Crippen LogP contribution in [0.15, 0.2) is 93.6 Å². The van der Waals surface area contributed by atoms with Crippen molar-refractivity contribution in [3.63, 3.8) is 0 Å². The number of nitrogen functional groups attached to an aromatic ring is 1. The normalized spacial score (nSPS) is 14.1. The summed E-state index contributed by atoms with van der Waals surface area (Å²) in [6.45, 7) is 2.90. The molecular formula is C29H31Cl2N3O3. The van der Waals surface area contributed by atoms with Gasteiger partial charge in [0, 0.05) is 48.4 Å². The van der Waals surface area contributed by atoms with Crippen LogP contribution >= 0.6 is 23.2 Å². The van der Waals surface area contributed by atoms with E-state index >= 15 is 0 Å². The molecule has 0 amide bonds. The first kappa shape index (κ1) is 28.1. The van der Waals surface area contributed by atoms with Crippen molar-refractivity contribution in [2.24, 2.45) is 4.99 Å². The van der Waals surface area contributed by atoms with E-state index in [0.29, 0.717) is 28.0 Å². The fourth-order valence-corrected chi connectivity index (χ4v) is 4.36. The van der Waals surface area contributed by atoms with Gasteiger partial charge in [0.05, 0.1) is 5.56 Å². The number of nitrogens with two attached hydrogens (primary N) is 1. The molecule has 0 aromatic heterocycles. The lowest BCUT2D eigenvalue weighted by Gasteiger charge is -2.21. The molecule has 0 saturated carbocycles. The number of aliphatic imine (C=N–C) groups is 1. The van der Waals surface area contributed by atoms with Gasteiger partial charge in [-0.15, -0.1) is 0 Å². The predicted molar refractivity (Wildman–Crippen MR) is 153 cm³/mol. The molecule has 0 heterocycles. The number of benzene rings is 2. The molecule has 0 fully saturated rings. The first-order chi connectivity index (χ1) is 17.8. The van der Waals surface area contributed by atoms with Gasteiger partial charge in [-0.3, -0.25) is 4.99 Å². The molecule has 2 aromatic rings. The Balaban J connectivity index is 1.54. The van der Waals surface area contributed by atoms with Crippen LogP contribution in [0.5, 0.6) is 11.5 Å². The lowest BCUT2D eigenvalue weighted by atomic mass is 10.1. The number of aromatic carboxylic acids is 1. The number of carboxylic acid groups (broad SMARTS) is 1. The summed E-state index contributed by atoms with van der Waals surface area (Å²) in [6.07, 6.45) is 13.0. The molecule has 0 aliphatic heterocycles. The van der Waals surface area contributed by atoms with E-state index in [1.165, 1.54) is 17.7 Å². The maximum absolute atomic E-state index is 11.3. The first-order valence-electron chi connectivity index (χ1n) is 12.0. The van der Waals surface area contributed by atoms with Crippen LogP contribution in [0.3, 0.4) is 0 Å². The Morgan fingerprint density at radius 2 is 1.89 bits per heavy atom. The zero-order valence-corrected chi connectivity index (χ0v) is 22.5. The molecule has 8 heteroatoms. The average Bonchev–Trinajstić information content (AvgIpc) is 3.04. The fraction of sp³-hybridized carbons (Fsp3) is 0.241. The molecule has 0 atom stereocenters. The van der Waals surface area contributed by atoms with E-state index in [0.717, 1.165) is 37.2 Å². The summed E-state index contributed by atoms with van der Waals surface area (Å²) < 4.78 is 5.80. The summed E-state index contributed by atoms with van der Waals surface area (Å²) in [7, 11) is 1.82. The third-order valence-electron chi connectivity index (χ3n) is 5.80. The van der Waals surface area contributed by atoms with Gasteiger partial charge in [-0.25, -0.2) is 4.79 Å². The van der Waals surface area contributed by atoms with E-state index < -0.39 is 5.97 Å². The van der Waals surface area contributed by atoms with Gasteiger partial charge in [-0.1, -0.05) is 41.4 Å². The highest BCUT2D eigenvalue weighted by atomic mass is 35.5. The van der Waals surface area contributed by atoms with Crippen LogP contribution in [-0.2, 0) is 6.42 Å². The van der Waals surface area contributed by atoms with E-state index in [1.54, 1.807) is 12.1 Å². The summed E-state index contributed by atoms with van der Waals surface area (Å²) in [6, 6.07) is 12.4. The van der Waals surface area contributed by atoms with Crippen molar-refractivity contribution in [3.05, 3.63) is 99.7 Å². The van der Waals surface area contributed by atoms with Crippen molar-refractivity contribution < 1.29 is 14.6 Å². The van der Waals surface area contributed by atoms with Crippen LogP contribution in [0.2, 0.25) is 0 Å². The van der Waals surface area contributed by atoms with Gasteiger partial charge in [0.25, 0.3) is 0 Å². The van der Waals surface area contributed by atoms with Crippen molar-refractivity contribution in [1.82, 2.24) is 4.90 Å². The smallest absolute Gasteiger partial charge is 0.337 e. The molecule has 0 spiro atoms. The highest BCUT2D eigenvalue weighted by Crippen LogP contribution is 2.26. The van der Waals surface area contributed by atoms with Crippen LogP contribution < -0.4 is 10.5 Å². The monoisotopic (exact) mass is 539 g/mol. The molecule has 0 radical (unpaired) electrons. The predicted octanol–water partition coefficient (Wildman–Crippen LogP) is 7.52. The van der Waals surface area contributed by atoms with Crippen LogP contribution in [0.25, 0.3) is 0 Å². The number of hydrogen-bond donors (Lipinski definition) is 2. The van der Waals surface area contributed by atoms with E-state index in [2.05, 4.69) is 22.9 Å². The zero-order valence-electron chi connectivity index (χ0n) is 21.0. The molecule has 0 saturated heterocycles. The minimum Gasteiger partial charge on any atom is -0.478 e. The SMILES string of the molecule is CCN(/C=C/C1=CC=C(Cl)C=C(Cl)C1)C(CCCc1ccc(Oc2ccc(N)c(C(=O)O)c2)cc1)=NC. The number of rotatable bonds is 10. The number of ether oxygens (including phenoxy) is 1. The number of carbonyl (C=O) groups is 1. The van der Waals surface area contributed by atoms with Gasteiger partial charge < -0.3 is 20.5 Å². The van der Waals surface area contributed by atoms with E-state index in [-0.39, 0.29) is 11.3 Å². The number of carboxylic acids is 1. The molecule has 6 nitrogen and oxygen atoms in total. The highest BCUT2D eigenvalue weighted by Gasteiger charge is 2.11. The summed E-state index contributed by atoms with van der Waals surface area (Å²) in [5.74, 6) is 0.978. The van der Waals surface area contributed by atoms with Crippen LogP contribution in [0, 0.1) is 0 Å². The molecule has 194 valence electrons. The maximum atomic E-state index is 11.3. The van der Waals surface area contributed by atoms with E-state index in [9.17, 15) is 9.90 Å². The molecule has 1 aliphatic rings. The zero-order chi connectivity index (χ0) is 26.8.